The second-order valence-electron chi connectivity index (χ2n) is 3.21. The first kappa shape index (κ1) is 11.5. The average Bonchev–Trinajstić information content (AvgIpc) is 2.11. The van der Waals surface area contributed by atoms with Gasteiger partial charge in [0.15, 0.2) is 0 Å². The third-order valence-corrected chi connectivity index (χ3v) is 2.54. The Morgan fingerprint density at radius 3 is 2.36 bits per heavy atom. The summed E-state index contributed by atoms with van der Waals surface area (Å²) in [5.41, 5.74) is -2.61. The summed E-state index contributed by atoms with van der Waals surface area (Å²) in [5, 5.41) is 35.3. The maximum Gasteiger partial charge on any atom is 0.261 e. The number of aliphatic hydroxyl groups excluding tert-OH is 3. The first-order valence-corrected chi connectivity index (χ1v) is 4.19. The summed E-state index contributed by atoms with van der Waals surface area (Å²) < 4.78 is 0. The highest BCUT2D eigenvalue weighted by molar-refractivity contribution is 6.67. The molecule has 4 N–H and O–H groups in total. The first-order chi connectivity index (χ1) is 6.30. The molecule has 80 valence electrons. The van der Waals surface area contributed by atoms with E-state index in [-0.39, 0.29) is 0 Å². The SMILES string of the molecule is O=C(Cl)C1(O)C[C@@H](O)C(O)[C@@H](O)C1=O. The Kier molecular flexibility index (Phi) is 2.93. The monoisotopic (exact) mass is 224 g/mol. The molecule has 0 bridgehead atoms. The molecule has 0 amide bonds. The van der Waals surface area contributed by atoms with Crippen molar-refractivity contribution in [3.8, 4) is 0 Å². The predicted molar refractivity (Wildman–Crippen MR) is 43.5 cm³/mol. The van der Waals surface area contributed by atoms with Gasteiger partial charge in [0.05, 0.1) is 6.10 Å². The van der Waals surface area contributed by atoms with E-state index in [0.29, 0.717) is 0 Å². The zero-order valence-electron chi connectivity index (χ0n) is 6.92. The second-order valence-corrected chi connectivity index (χ2v) is 3.55. The van der Waals surface area contributed by atoms with Gasteiger partial charge in [-0.15, -0.1) is 0 Å². The van der Waals surface area contributed by atoms with Crippen molar-refractivity contribution in [2.45, 2.75) is 30.3 Å². The van der Waals surface area contributed by atoms with Crippen LogP contribution < -0.4 is 0 Å². The van der Waals surface area contributed by atoms with Crippen LogP contribution in [0.1, 0.15) is 6.42 Å². The fourth-order valence-corrected chi connectivity index (χ4v) is 1.48. The van der Waals surface area contributed by atoms with Gasteiger partial charge in [0.2, 0.25) is 11.4 Å². The van der Waals surface area contributed by atoms with Crippen molar-refractivity contribution in [1.82, 2.24) is 0 Å². The number of hydrogen-bond donors (Lipinski definition) is 4. The molecule has 0 aromatic carbocycles. The Morgan fingerprint density at radius 2 is 1.93 bits per heavy atom. The van der Waals surface area contributed by atoms with E-state index in [0.717, 1.165) is 0 Å². The van der Waals surface area contributed by atoms with Crippen LogP contribution >= 0.6 is 11.6 Å². The van der Waals surface area contributed by atoms with Crippen molar-refractivity contribution in [3.05, 3.63) is 0 Å². The summed E-state index contributed by atoms with van der Waals surface area (Å²) >= 11 is 4.96. The fraction of sp³-hybridized carbons (Fsp3) is 0.714. The van der Waals surface area contributed by atoms with E-state index >= 15 is 0 Å². The second kappa shape index (κ2) is 3.56. The minimum Gasteiger partial charge on any atom is -0.390 e. The van der Waals surface area contributed by atoms with Crippen LogP contribution in [-0.2, 0) is 9.59 Å². The van der Waals surface area contributed by atoms with Gasteiger partial charge in [0, 0.05) is 6.42 Å². The van der Waals surface area contributed by atoms with Gasteiger partial charge in [-0.25, -0.2) is 0 Å². The Morgan fingerprint density at radius 1 is 1.43 bits per heavy atom. The number of Topliss-reactive ketones (excluding diaryl/α,β-unsaturated/α-hetero) is 1. The van der Waals surface area contributed by atoms with E-state index in [2.05, 4.69) is 0 Å². The number of aliphatic hydroxyl groups is 4. The lowest BCUT2D eigenvalue weighted by molar-refractivity contribution is -0.178. The van der Waals surface area contributed by atoms with Gasteiger partial charge in [-0.2, -0.15) is 0 Å². The summed E-state index contributed by atoms with van der Waals surface area (Å²) in [4.78, 5) is 21.9. The molecule has 7 heteroatoms. The molecule has 1 rings (SSSR count). The molecule has 1 saturated carbocycles. The maximum atomic E-state index is 11.2. The molecule has 6 nitrogen and oxygen atoms in total. The Labute approximate surface area is 83.7 Å². The molecule has 0 spiro atoms. The molecule has 0 aromatic heterocycles. The Bertz CT molecular complexity index is 279. The lowest BCUT2D eigenvalue weighted by Crippen LogP contribution is -2.62. The van der Waals surface area contributed by atoms with E-state index in [1.807, 2.05) is 0 Å². The van der Waals surface area contributed by atoms with Crippen LogP contribution in [-0.4, -0.2) is 55.4 Å². The van der Waals surface area contributed by atoms with Crippen LogP contribution in [0, 0.1) is 0 Å². The van der Waals surface area contributed by atoms with Gasteiger partial charge < -0.3 is 20.4 Å². The van der Waals surface area contributed by atoms with Gasteiger partial charge in [0.25, 0.3) is 5.24 Å². The minimum absolute atomic E-state index is 0.716. The number of hydrogen-bond acceptors (Lipinski definition) is 6. The number of halogens is 1. The highest BCUT2D eigenvalue weighted by atomic mass is 35.5. The van der Waals surface area contributed by atoms with Crippen LogP contribution in [0.15, 0.2) is 0 Å². The van der Waals surface area contributed by atoms with Gasteiger partial charge >= 0.3 is 0 Å². The summed E-state index contributed by atoms with van der Waals surface area (Å²) in [6, 6.07) is 0. The van der Waals surface area contributed by atoms with Crippen molar-refractivity contribution in [1.29, 1.82) is 0 Å². The standard InChI is InChI=1S/C7H9ClO6/c8-6(13)7(14)1-2(9)3(10)4(11)5(7)12/h2-4,9-11,14H,1H2/t2-,3?,4-,7?/m1/s1. The van der Waals surface area contributed by atoms with Crippen LogP contribution in [0.5, 0.6) is 0 Å². The normalized spacial score (nSPS) is 43.8. The lowest BCUT2D eigenvalue weighted by Gasteiger charge is -2.36. The van der Waals surface area contributed by atoms with Crippen LogP contribution in [0.4, 0.5) is 0 Å². The van der Waals surface area contributed by atoms with Crippen molar-refractivity contribution in [2.75, 3.05) is 0 Å². The lowest BCUT2D eigenvalue weighted by atomic mass is 9.79. The van der Waals surface area contributed by atoms with Gasteiger partial charge in [-0.05, 0) is 11.6 Å². The number of carbonyl (C=O) groups is 2. The summed E-state index contributed by atoms with van der Waals surface area (Å²) in [6.45, 7) is 0. The molecule has 1 aliphatic carbocycles. The number of ketones is 1. The molecule has 1 aliphatic rings. The predicted octanol–water partition coefficient (Wildman–Crippen LogP) is -2.46. The molecule has 0 radical (unpaired) electrons. The average molecular weight is 225 g/mol. The van der Waals surface area contributed by atoms with Crippen molar-refractivity contribution in [2.24, 2.45) is 0 Å². The third-order valence-electron chi connectivity index (χ3n) is 2.22. The highest BCUT2D eigenvalue weighted by Gasteiger charge is 2.54. The fourth-order valence-electron chi connectivity index (χ4n) is 1.31. The number of carbonyl (C=O) groups excluding carboxylic acids is 2. The van der Waals surface area contributed by atoms with Crippen molar-refractivity contribution < 1.29 is 30.0 Å². The van der Waals surface area contributed by atoms with Crippen molar-refractivity contribution >= 4 is 22.6 Å². The van der Waals surface area contributed by atoms with E-state index in [9.17, 15) is 14.7 Å². The van der Waals surface area contributed by atoms with Gasteiger partial charge in [0.1, 0.15) is 12.2 Å². The zero-order chi connectivity index (χ0) is 11.1. The molecule has 2 unspecified atom stereocenters. The molecule has 14 heavy (non-hydrogen) atoms. The molecular weight excluding hydrogens is 216 g/mol. The molecule has 4 atom stereocenters. The summed E-state index contributed by atoms with van der Waals surface area (Å²) in [5.74, 6) is -1.30. The molecule has 0 saturated heterocycles. The van der Waals surface area contributed by atoms with Gasteiger partial charge in [-0.1, -0.05) is 0 Å². The minimum atomic E-state index is -2.61. The highest BCUT2D eigenvalue weighted by Crippen LogP contribution is 2.28. The smallest absolute Gasteiger partial charge is 0.261 e. The number of rotatable bonds is 1. The Balaban J connectivity index is 3.02. The first-order valence-electron chi connectivity index (χ1n) is 3.81. The van der Waals surface area contributed by atoms with E-state index in [4.69, 9.17) is 26.9 Å². The maximum absolute atomic E-state index is 11.2. The largest absolute Gasteiger partial charge is 0.390 e. The third kappa shape index (κ3) is 1.55. The summed E-state index contributed by atoms with van der Waals surface area (Å²) in [6.07, 6.45) is -6.01. The van der Waals surface area contributed by atoms with Crippen LogP contribution in [0.3, 0.4) is 0 Å². The topological polar surface area (TPSA) is 115 Å². The Hall–Kier alpha value is -0.530. The molecular formula is C7H9ClO6. The molecule has 0 aliphatic heterocycles. The van der Waals surface area contributed by atoms with E-state index < -0.39 is 41.4 Å². The zero-order valence-corrected chi connectivity index (χ0v) is 7.68. The van der Waals surface area contributed by atoms with Crippen molar-refractivity contribution in [3.63, 3.8) is 0 Å². The molecule has 1 fully saturated rings. The van der Waals surface area contributed by atoms with Crippen LogP contribution in [0.2, 0.25) is 0 Å². The van der Waals surface area contributed by atoms with Crippen LogP contribution in [0.25, 0.3) is 0 Å². The summed E-state index contributed by atoms with van der Waals surface area (Å²) in [7, 11) is 0. The quantitative estimate of drug-likeness (QED) is 0.290. The van der Waals surface area contributed by atoms with E-state index in [1.54, 1.807) is 0 Å². The molecule has 0 aromatic rings. The van der Waals surface area contributed by atoms with E-state index in [1.165, 1.54) is 0 Å². The molecule has 0 heterocycles. The van der Waals surface area contributed by atoms with Gasteiger partial charge in [-0.3, -0.25) is 9.59 Å².